The van der Waals surface area contributed by atoms with Crippen LogP contribution in [-0.4, -0.2) is 18.8 Å². The van der Waals surface area contributed by atoms with E-state index in [-0.39, 0.29) is 6.10 Å². The number of carbonyl (C=O) groups is 1. The largest absolute Gasteiger partial charge is 0.489 e. The number of hydrogen-bond donors (Lipinski definition) is 1. The molecule has 2 N–H and O–H groups in total. The van der Waals surface area contributed by atoms with Gasteiger partial charge < -0.3 is 15.2 Å². The van der Waals surface area contributed by atoms with Gasteiger partial charge in [-0.25, -0.2) is 4.79 Å². The summed E-state index contributed by atoms with van der Waals surface area (Å²) in [6.07, 6.45) is -1.13. The Bertz CT molecular complexity index is 315. The molecule has 0 aliphatic rings. The summed E-state index contributed by atoms with van der Waals surface area (Å²) in [7, 11) is 0. The minimum Gasteiger partial charge on any atom is -0.489 e. The van der Waals surface area contributed by atoms with Crippen LogP contribution >= 0.6 is 27.3 Å². The first-order valence-corrected chi connectivity index (χ1v) is 5.58. The molecule has 4 nitrogen and oxygen atoms in total. The highest BCUT2D eigenvalue weighted by molar-refractivity contribution is 9.11. The molecule has 0 bridgehead atoms. The highest BCUT2D eigenvalue weighted by Gasteiger charge is 2.07. The predicted molar refractivity (Wildman–Crippen MR) is 57.6 cm³/mol. The zero-order valence-electron chi connectivity index (χ0n) is 7.53. The van der Waals surface area contributed by atoms with Crippen LogP contribution in [0.1, 0.15) is 6.92 Å². The number of carbonyl (C=O) groups excluding carboxylic acids is 1. The van der Waals surface area contributed by atoms with Gasteiger partial charge in [0.15, 0.2) is 0 Å². The Morgan fingerprint density at radius 2 is 2.50 bits per heavy atom. The molecule has 78 valence electrons. The molecule has 0 radical (unpaired) electrons. The van der Waals surface area contributed by atoms with E-state index in [0.29, 0.717) is 6.61 Å². The quantitative estimate of drug-likeness (QED) is 0.921. The van der Waals surface area contributed by atoms with Gasteiger partial charge in [-0.15, -0.1) is 11.3 Å². The van der Waals surface area contributed by atoms with Crippen LogP contribution in [0.15, 0.2) is 15.2 Å². The van der Waals surface area contributed by atoms with Crippen LogP contribution in [0.25, 0.3) is 0 Å². The third kappa shape index (κ3) is 3.97. The molecule has 14 heavy (non-hydrogen) atoms. The van der Waals surface area contributed by atoms with E-state index in [1.807, 2.05) is 11.4 Å². The molecule has 0 aliphatic carbocycles. The van der Waals surface area contributed by atoms with Crippen molar-refractivity contribution >= 4 is 33.4 Å². The standard InChI is InChI=1S/C8H10BrNO3S/c1-5(13-8(10)11)3-12-6-2-7(9)14-4-6/h2,4-5H,3H2,1H3,(H2,10,11)/t5-/m0/s1. The molecule has 1 aromatic heterocycles. The molecule has 1 atom stereocenters. The molecular weight excluding hydrogens is 270 g/mol. The second-order valence-electron chi connectivity index (χ2n) is 2.65. The van der Waals surface area contributed by atoms with Crippen molar-refractivity contribution in [2.45, 2.75) is 13.0 Å². The van der Waals surface area contributed by atoms with E-state index in [1.165, 1.54) is 11.3 Å². The Kier molecular flexibility index (Phi) is 4.21. The molecule has 1 rings (SSSR count). The van der Waals surface area contributed by atoms with Gasteiger partial charge in [0.2, 0.25) is 0 Å². The Morgan fingerprint density at radius 1 is 1.79 bits per heavy atom. The van der Waals surface area contributed by atoms with Gasteiger partial charge in [0.1, 0.15) is 18.5 Å². The van der Waals surface area contributed by atoms with Crippen molar-refractivity contribution in [3.63, 3.8) is 0 Å². The Balaban J connectivity index is 2.30. The van der Waals surface area contributed by atoms with Crippen molar-refractivity contribution < 1.29 is 14.3 Å². The van der Waals surface area contributed by atoms with E-state index < -0.39 is 6.09 Å². The number of thiophene rings is 1. The summed E-state index contributed by atoms with van der Waals surface area (Å²) >= 11 is 4.84. The Labute approximate surface area is 94.1 Å². The molecule has 1 amide bonds. The van der Waals surface area contributed by atoms with E-state index in [1.54, 1.807) is 6.92 Å². The van der Waals surface area contributed by atoms with Crippen molar-refractivity contribution in [1.82, 2.24) is 0 Å². The number of halogens is 1. The fourth-order valence-corrected chi connectivity index (χ4v) is 1.87. The molecular formula is C8H10BrNO3S. The molecule has 0 aromatic carbocycles. The minimum atomic E-state index is -0.785. The second kappa shape index (κ2) is 5.21. The van der Waals surface area contributed by atoms with Crippen LogP contribution in [-0.2, 0) is 4.74 Å². The van der Waals surface area contributed by atoms with Crippen molar-refractivity contribution in [2.24, 2.45) is 5.73 Å². The van der Waals surface area contributed by atoms with Crippen LogP contribution in [0.5, 0.6) is 5.75 Å². The molecule has 1 aromatic rings. The molecule has 0 unspecified atom stereocenters. The average molecular weight is 280 g/mol. The van der Waals surface area contributed by atoms with Gasteiger partial charge in [0.25, 0.3) is 0 Å². The van der Waals surface area contributed by atoms with Gasteiger partial charge in [-0.1, -0.05) is 0 Å². The highest BCUT2D eigenvalue weighted by atomic mass is 79.9. The summed E-state index contributed by atoms with van der Waals surface area (Å²) in [5.74, 6) is 0.752. The van der Waals surface area contributed by atoms with Gasteiger partial charge in [0, 0.05) is 11.4 Å². The molecule has 0 saturated carbocycles. The van der Waals surface area contributed by atoms with Crippen molar-refractivity contribution in [2.75, 3.05) is 6.61 Å². The lowest BCUT2D eigenvalue weighted by Gasteiger charge is -2.11. The number of ether oxygens (including phenoxy) is 2. The molecule has 6 heteroatoms. The topological polar surface area (TPSA) is 61.6 Å². The predicted octanol–water partition coefficient (Wildman–Crippen LogP) is 2.37. The second-order valence-corrected chi connectivity index (χ2v) is 4.94. The van der Waals surface area contributed by atoms with Crippen LogP contribution in [0, 0.1) is 0 Å². The maximum atomic E-state index is 10.4. The lowest BCUT2D eigenvalue weighted by Crippen LogP contribution is -2.25. The molecule has 0 spiro atoms. The van der Waals surface area contributed by atoms with Crippen molar-refractivity contribution in [1.29, 1.82) is 0 Å². The van der Waals surface area contributed by atoms with Gasteiger partial charge in [0.05, 0.1) is 3.79 Å². The SMILES string of the molecule is C[C@@H](COc1csc(Br)c1)OC(N)=O. The lowest BCUT2D eigenvalue weighted by molar-refractivity contribution is 0.0824. The van der Waals surface area contributed by atoms with Crippen LogP contribution in [0.3, 0.4) is 0 Å². The average Bonchev–Trinajstić information content (AvgIpc) is 2.47. The normalized spacial score (nSPS) is 12.1. The van der Waals surface area contributed by atoms with Gasteiger partial charge in [-0.3, -0.25) is 0 Å². The summed E-state index contributed by atoms with van der Waals surface area (Å²) in [6.45, 7) is 2.01. The third-order valence-electron chi connectivity index (χ3n) is 1.35. The van der Waals surface area contributed by atoms with Crippen molar-refractivity contribution in [3.05, 3.63) is 15.2 Å². The first-order valence-electron chi connectivity index (χ1n) is 3.91. The minimum absolute atomic E-state index is 0.298. The van der Waals surface area contributed by atoms with Gasteiger partial charge >= 0.3 is 6.09 Å². The zero-order valence-corrected chi connectivity index (χ0v) is 9.93. The number of rotatable bonds is 4. The molecule has 1 heterocycles. The number of primary amides is 1. The summed E-state index contributed by atoms with van der Waals surface area (Å²) < 4.78 is 11.0. The van der Waals surface area contributed by atoms with E-state index in [0.717, 1.165) is 9.54 Å². The Morgan fingerprint density at radius 3 is 3.00 bits per heavy atom. The fraction of sp³-hybridized carbons (Fsp3) is 0.375. The van der Waals surface area contributed by atoms with E-state index >= 15 is 0 Å². The molecule has 0 fully saturated rings. The van der Waals surface area contributed by atoms with Crippen LogP contribution in [0.2, 0.25) is 0 Å². The summed E-state index contributed by atoms with van der Waals surface area (Å²) in [5, 5.41) is 1.86. The first kappa shape index (κ1) is 11.3. The van der Waals surface area contributed by atoms with Crippen LogP contribution in [0.4, 0.5) is 4.79 Å². The zero-order chi connectivity index (χ0) is 10.6. The number of hydrogen-bond acceptors (Lipinski definition) is 4. The maximum absolute atomic E-state index is 10.4. The number of amides is 1. The lowest BCUT2D eigenvalue weighted by atomic mass is 10.4. The first-order chi connectivity index (χ1) is 6.58. The Hall–Kier alpha value is -0.750. The summed E-state index contributed by atoms with van der Waals surface area (Å²) in [6, 6.07) is 1.85. The van der Waals surface area contributed by atoms with Gasteiger partial charge in [-0.2, -0.15) is 0 Å². The molecule has 0 aliphatic heterocycles. The van der Waals surface area contributed by atoms with Crippen LogP contribution < -0.4 is 10.5 Å². The smallest absolute Gasteiger partial charge is 0.404 e. The molecule has 0 saturated heterocycles. The number of nitrogens with two attached hydrogens (primary N) is 1. The van der Waals surface area contributed by atoms with E-state index in [2.05, 4.69) is 20.7 Å². The highest BCUT2D eigenvalue weighted by Crippen LogP contribution is 2.26. The van der Waals surface area contributed by atoms with Gasteiger partial charge in [-0.05, 0) is 22.9 Å². The van der Waals surface area contributed by atoms with E-state index in [9.17, 15) is 4.79 Å². The van der Waals surface area contributed by atoms with Crippen molar-refractivity contribution in [3.8, 4) is 5.75 Å². The van der Waals surface area contributed by atoms with E-state index in [4.69, 9.17) is 10.5 Å². The summed E-state index contributed by atoms with van der Waals surface area (Å²) in [5.41, 5.74) is 4.84. The fourth-order valence-electron chi connectivity index (χ4n) is 0.816. The third-order valence-corrected chi connectivity index (χ3v) is 2.83. The maximum Gasteiger partial charge on any atom is 0.404 e. The monoisotopic (exact) mass is 279 g/mol. The summed E-state index contributed by atoms with van der Waals surface area (Å²) in [4.78, 5) is 10.4.